The first-order valence-corrected chi connectivity index (χ1v) is 4.12. The molecule has 0 bridgehead atoms. The predicted molar refractivity (Wildman–Crippen MR) is 45.7 cm³/mol. The van der Waals surface area contributed by atoms with Gasteiger partial charge in [-0.2, -0.15) is 0 Å². The number of ether oxygens (including phenoxy) is 1. The summed E-state index contributed by atoms with van der Waals surface area (Å²) in [5.74, 6) is -4.68. The zero-order chi connectivity index (χ0) is 13.2. The molecule has 94 valence electrons. The van der Waals surface area contributed by atoms with Crippen LogP contribution in [0.2, 0.25) is 0 Å². The highest BCUT2D eigenvalue weighted by Crippen LogP contribution is 2.27. The second kappa shape index (κ2) is 4.53. The Hall–Kier alpha value is -1.90. The minimum atomic E-state index is -5.16. The first-order chi connectivity index (χ1) is 7.76. The number of rotatable bonds is 3. The van der Waals surface area contributed by atoms with E-state index in [1.54, 1.807) is 0 Å². The van der Waals surface area contributed by atoms with Gasteiger partial charge < -0.3 is 15.6 Å². The van der Waals surface area contributed by atoms with E-state index in [-0.39, 0.29) is 5.56 Å². The van der Waals surface area contributed by atoms with Crippen molar-refractivity contribution < 1.29 is 32.2 Å². The highest BCUT2D eigenvalue weighted by atomic mass is 19.4. The van der Waals surface area contributed by atoms with Gasteiger partial charge in [0.05, 0.1) is 0 Å². The van der Waals surface area contributed by atoms with Crippen LogP contribution in [0.4, 0.5) is 17.6 Å². The first-order valence-electron chi connectivity index (χ1n) is 4.12. The summed E-state index contributed by atoms with van der Waals surface area (Å²) in [6, 6.07) is 0. The van der Waals surface area contributed by atoms with E-state index in [4.69, 9.17) is 10.8 Å². The molecule has 17 heavy (non-hydrogen) atoms. The molecule has 0 amide bonds. The van der Waals surface area contributed by atoms with Crippen molar-refractivity contribution in [2.24, 2.45) is 5.73 Å². The highest BCUT2D eigenvalue weighted by Gasteiger charge is 2.35. The zero-order valence-electron chi connectivity index (χ0n) is 8.08. The van der Waals surface area contributed by atoms with Gasteiger partial charge in [0.25, 0.3) is 0 Å². The zero-order valence-corrected chi connectivity index (χ0v) is 8.08. The molecule has 0 atom stereocenters. The van der Waals surface area contributed by atoms with Crippen LogP contribution in [0.15, 0.2) is 6.20 Å². The summed E-state index contributed by atoms with van der Waals surface area (Å²) >= 11 is 0. The second-order valence-corrected chi connectivity index (χ2v) is 2.83. The molecule has 0 aliphatic rings. The topological polar surface area (TPSA) is 85.4 Å². The van der Waals surface area contributed by atoms with Gasteiger partial charge in [-0.05, 0) is 0 Å². The lowest BCUT2D eigenvalue weighted by Crippen LogP contribution is -2.21. The molecule has 0 aliphatic carbocycles. The molecule has 1 aromatic heterocycles. The lowest BCUT2D eigenvalue weighted by molar-refractivity contribution is -0.276. The van der Waals surface area contributed by atoms with E-state index in [1.165, 1.54) is 0 Å². The average molecular weight is 254 g/mol. The van der Waals surface area contributed by atoms with Gasteiger partial charge in [0.15, 0.2) is 5.56 Å². The maximum atomic E-state index is 13.4. The van der Waals surface area contributed by atoms with Crippen LogP contribution < -0.4 is 10.5 Å². The predicted octanol–water partition coefficient (Wildman–Crippen LogP) is 1.28. The number of aromatic nitrogens is 1. The summed E-state index contributed by atoms with van der Waals surface area (Å²) in [5.41, 5.74) is 3.44. The van der Waals surface area contributed by atoms with Crippen molar-refractivity contribution in [3.63, 3.8) is 0 Å². The van der Waals surface area contributed by atoms with Gasteiger partial charge >= 0.3 is 12.3 Å². The van der Waals surface area contributed by atoms with Crippen LogP contribution in [-0.4, -0.2) is 22.4 Å². The molecular weight excluding hydrogens is 248 g/mol. The van der Waals surface area contributed by atoms with E-state index in [9.17, 15) is 22.4 Å². The quantitative estimate of drug-likeness (QED) is 0.793. The van der Waals surface area contributed by atoms with Crippen LogP contribution in [0.5, 0.6) is 5.88 Å². The number of carbonyl (C=O) groups is 1. The first kappa shape index (κ1) is 13.2. The fourth-order valence-corrected chi connectivity index (χ4v) is 1.03. The Morgan fingerprint density at radius 3 is 2.53 bits per heavy atom. The molecular formula is C8H6F4N2O3. The van der Waals surface area contributed by atoms with E-state index >= 15 is 0 Å². The summed E-state index contributed by atoms with van der Waals surface area (Å²) in [6.07, 6.45) is -4.48. The molecule has 3 N–H and O–H groups in total. The SMILES string of the molecule is NCc1cnc(OC(F)(F)F)c(C(=O)O)c1F. The minimum Gasteiger partial charge on any atom is -0.477 e. The van der Waals surface area contributed by atoms with Crippen LogP contribution in [0.3, 0.4) is 0 Å². The Labute approximate surface area is 91.8 Å². The molecule has 0 saturated carbocycles. The summed E-state index contributed by atoms with van der Waals surface area (Å²) in [4.78, 5) is 13.7. The van der Waals surface area contributed by atoms with Crippen molar-refractivity contribution >= 4 is 5.97 Å². The number of carboxylic acid groups (broad SMARTS) is 1. The van der Waals surface area contributed by atoms with Crippen molar-refractivity contribution in [2.75, 3.05) is 0 Å². The van der Waals surface area contributed by atoms with Crippen molar-refractivity contribution in [1.29, 1.82) is 0 Å². The standard InChI is InChI=1S/C8H6F4N2O3/c9-5-3(1-13)2-14-6(4(5)7(15)16)17-8(10,11)12/h2H,1,13H2,(H,15,16). The van der Waals surface area contributed by atoms with Gasteiger partial charge in [0.2, 0.25) is 5.88 Å². The number of alkyl halides is 3. The van der Waals surface area contributed by atoms with Gasteiger partial charge in [-0.15, -0.1) is 13.2 Å². The summed E-state index contributed by atoms with van der Waals surface area (Å²) in [7, 11) is 0. The Morgan fingerprint density at radius 2 is 2.12 bits per heavy atom. The smallest absolute Gasteiger partial charge is 0.477 e. The lowest BCUT2D eigenvalue weighted by Gasteiger charge is -2.11. The molecule has 1 aromatic rings. The third kappa shape index (κ3) is 3.03. The Morgan fingerprint density at radius 1 is 1.53 bits per heavy atom. The number of nitrogens with two attached hydrogens (primary N) is 1. The maximum Gasteiger partial charge on any atom is 0.574 e. The third-order valence-corrected chi connectivity index (χ3v) is 1.70. The number of carboxylic acids is 1. The van der Waals surface area contributed by atoms with Crippen LogP contribution in [0.1, 0.15) is 15.9 Å². The van der Waals surface area contributed by atoms with E-state index in [0.29, 0.717) is 6.20 Å². The minimum absolute atomic E-state index is 0.322. The van der Waals surface area contributed by atoms with Crippen LogP contribution in [0, 0.1) is 5.82 Å². The van der Waals surface area contributed by atoms with Gasteiger partial charge in [-0.25, -0.2) is 14.2 Å². The van der Waals surface area contributed by atoms with E-state index < -0.39 is 36.1 Å². The van der Waals surface area contributed by atoms with Crippen molar-refractivity contribution in [3.8, 4) is 5.88 Å². The average Bonchev–Trinajstić information content (AvgIpc) is 2.14. The molecule has 1 rings (SSSR count). The number of hydrogen-bond acceptors (Lipinski definition) is 4. The fraction of sp³-hybridized carbons (Fsp3) is 0.250. The molecule has 0 fully saturated rings. The van der Waals surface area contributed by atoms with E-state index in [0.717, 1.165) is 0 Å². The molecule has 0 aromatic carbocycles. The fourth-order valence-electron chi connectivity index (χ4n) is 1.03. The number of hydrogen-bond donors (Lipinski definition) is 2. The van der Waals surface area contributed by atoms with E-state index in [2.05, 4.69) is 9.72 Å². The normalized spacial score (nSPS) is 11.4. The van der Waals surface area contributed by atoms with Crippen LogP contribution >= 0.6 is 0 Å². The number of halogens is 4. The maximum absolute atomic E-state index is 13.4. The van der Waals surface area contributed by atoms with Gasteiger partial charge in [-0.3, -0.25) is 0 Å². The number of aromatic carboxylic acids is 1. The molecule has 5 nitrogen and oxygen atoms in total. The second-order valence-electron chi connectivity index (χ2n) is 2.83. The van der Waals surface area contributed by atoms with Gasteiger partial charge in [-0.1, -0.05) is 0 Å². The monoisotopic (exact) mass is 254 g/mol. The number of nitrogens with zero attached hydrogens (tertiary/aromatic N) is 1. The van der Waals surface area contributed by atoms with Crippen molar-refractivity contribution in [3.05, 3.63) is 23.1 Å². The summed E-state index contributed by atoms with van der Waals surface area (Å²) in [5, 5.41) is 8.60. The highest BCUT2D eigenvalue weighted by molar-refractivity contribution is 5.90. The van der Waals surface area contributed by atoms with E-state index in [1.807, 2.05) is 0 Å². The lowest BCUT2D eigenvalue weighted by atomic mass is 10.2. The van der Waals surface area contributed by atoms with Crippen molar-refractivity contribution in [2.45, 2.75) is 12.9 Å². The molecule has 0 saturated heterocycles. The Bertz CT molecular complexity index is 447. The molecule has 0 radical (unpaired) electrons. The molecule has 0 unspecified atom stereocenters. The molecule has 0 aliphatic heterocycles. The number of pyridine rings is 1. The molecule has 1 heterocycles. The van der Waals surface area contributed by atoms with Crippen LogP contribution in [0.25, 0.3) is 0 Å². The largest absolute Gasteiger partial charge is 0.574 e. The molecule has 0 spiro atoms. The summed E-state index contributed by atoms with van der Waals surface area (Å²) < 4.78 is 52.4. The van der Waals surface area contributed by atoms with Gasteiger partial charge in [0, 0.05) is 18.3 Å². The van der Waals surface area contributed by atoms with Gasteiger partial charge in [0.1, 0.15) is 5.82 Å². The van der Waals surface area contributed by atoms with Crippen molar-refractivity contribution in [1.82, 2.24) is 4.98 Å². The Balaban J connectivity index is 3.32. The molecule has 9 heteroatoms. The Kier molecular flexibility index (Phi) is 3.51. The summed E-state index contributed by atoms with van der Waals surface area (Å²) in [6.45, 7) is -0.397. The van der Waals surface area contributed by atoms with Crippen LogP contribution in [-0.2, 0) is 6.54 Å². The third-order valence-electron chi connectivity index (χ3n) is 1.70.